The highest BCUT2D eigenvalue weighted by Crippen LogP contribution is 2.21. The zero-order valence-corrected chi connectivity index (χ0v) is 15.0. The average molecular weight is 331 g/mol. The minimum atomic E-state index is 0.0272. The minimum absolute atomic E-state index is 0.0272. The first-order valence-electron chi connectivity index (χ1n) is 8.79. The number of nitrogens with one attached hydrogen (secondary N) is 1. The first-order chi connectivity index (χ1) is 11.5. The smallest absolute Gasteiger partial charge is 0.234 e. The molecular formula is C19H29N3O2. The van der Waals surface area contributed by atoms with Gasteiger partial charge in [0.2, 0.25) is 11.8 Å². The van der Waals surface area contributed by atoms with E-state index in [1.807, 2.05) is 23.1 Å². The Balaban J connectivity index is 1.90. The van der Waals surface area contributed by atoms with Crippen molar-refractivity contribution in [3.63, 3.8) is 0 Å². The quantitative estimate of drug-likeness (QED) is 0.898. The molecule has 0 radical (unpaired) electrons. The van der Waals surface area contributed by atoms with E-state index in [4.69, 9.17) is 0 Å². The molecule has 24 heavy (non-hydrogen) atoms. The molecule has 1 unspecified atom stereocenters. The first kappa shape index (κ1) is 18.5. The summed E-state index contributed by atoms with van der Waals surface area (Å²) in [5.74, 6) is 0.493. The third kappa shape index (κ3) is 5.34. The van der Waals surface area contributed by atoms with Gasteiger partial charge in [-0.25, -0.2) is 0 Å². The van der Waals surface area contributed by atoms with E-state index < -0.39 is 0 Å². The lowest BCUT2D eigenvalue weighted by Crippen LogP contribution is -2.41. The van der Waals surface area contributed by atoms with Gasteiger partial charge in [-0.2, -0.15) is 0 Å². The van der Waals surface area contributed by atoms with Crippen LogP contribution in [0.1, 0.15) is 38.8 Å². The topological polar surface area (TPSA) is 52.7 Å². The zero-order chi connectivity index (χ0) is 17.5. The molecule has 0 bridgehead atoms. The maximum atomic E-state index is 12.5. The van der Waals surface area contributed by atoms with Crippen molar-refractivity contribution in [3.8, 4) is 0 Å². The lowest BCUT2D eigenvalue weighted by molar-refractivity contribution is -0.128. The maximum absolute atomic E-state index is 12.5. The van der Waals surface area contributed by atoms with E-state index in [2.05, 4.69) is 36.2 Å². The van der Waals surface area contributed by atoms with Crippen molar-refractivity contribution in [2.75, 3.05) is 32.7 Å². The van der Waals surface area contributed by atoms with Crippen molar-refractivity contribution in [2.24, 2.45) is 5.92 Å². The van der Waals surface area contributed by atoms with Crippen LogP contribution in [0.3, 0.4) is 0 Å². The largest absolute Gasteiger partial charge is 0.348 e. The van der Waals surface area contributed by atoms with Crippen molar-refractivity contribution in [1.29, 1.82) is 0 Å². The molecule has 0 saturated carbocycles. The third-order valence-electron chi connectivity index (χ3n) is 4.54. The Morgan fingerprint density at radius 3 is 2.42 bits per heavy atom. The summed E-state index contributed by atoms with van der Waals surface area (Å²) in [7, 11) is 0. The van der Waals surface area contributed by atoms with Gasteiger partial charge in [0.1, 0.15) is 0 Å². The van der Waals surface area contributed by atoms with E-state index in [1.54, 1.807) is 6.92 Å². The Morgan fingerprint density at radius 1 is 1.08 bits per heavy atom. The number of hydrogen-bond donors (Lipinski definition) is 1. The van der Waals surface area contributed by atoms with Gasteiger partial charge in [0, 0.05) is 33.1 Å². The van der Waals surface area contributed by atoms with Crippen LogP contribution in [-0.4, -0.2) is 54.3 Å². The Bertz CT molecular complexity index is 545. The fraction of sp³-hybridized carbons (Fsp3) is 0.579. The van der Waals surface area contributed by atoms with E-state index in [0.29, 0.717) is 19.0 Å². The summed E-state index contributed by atoms with van der Waals surface area (Å²) in [6, 6.07) is 10.1. The number of amides is 2. The first-order valence-corrected chi connectivity index (χ1v) is 8.79. The summed E-state index contributed by atoms with van der Waals surface area (Å²) in [6.07, 6.45) is 0.916. The molecule has 1 aromatic rings. The van der Waals surface area contributed by atoms with Crippen LogP contribution in [-0.2, 0) is 9.59 Å². The second-order valence-electron chi connectivity index (χ2n) is 6.84. The summed E-state index contributed by atoms with van der Waals surface area (Å²) in [5, 5.41) is 3.17. The molecule has 2 rings (SSSR count). The van der Waals surface area contributed by atoms with E-state index in [9.17, 15) is 9.59 Å². The number of carbonyl (C=O) groups excluding carboxylic acids is 2. The molecule has 1 atom stereocenters. The Kier molecular flexibility index (Phi) is 6.79. The SMILES string of the molecule is CC(=O)N1CCCN(CC(=O)NC(c2ccccc2)C(C)C)CC1. The predicted molar refractivity (Wildman–Crippen MR) is 95.5 cm³/mol. The highest BCUT2D eigenvalue weighted by molar-refractivity contribution is 5.78. The number of carbonyl (C=O) groups is 2. The molecule has 1 saturated heterocycles. The van der Waals surface area contributed by atoms with Gasteiger partial charge in [-0.3, -0.25) is 14.5 Å². The summed E-state index contributed by atoms with van der Waals surface area (Å²) in [4.78, 5) is 28.0. The van der Waals surface area contributed by atoms with Crippen LogP contribution in [0.25, 0.3) is 0 Å². The lowest BCUT2D eigenvalue weighted by atomic mass is 9.96. The van der Waals surface area contributed by atoms with Crippen LogP contribution in [0.15, 0.2) is 30.3 Å². The van der Waals surface area contributed by atoms with E-state index in [1.165, 1.54) is 0 Å². The number of hydrogen-bond acceptors (Lipinski definition) is 3. The van der Waals surface area contributed by atoms with Crippen LogP contribution in [0.5, 0.6) is 0 Å². The second-order valence-corrected chi connectivity index (χ2v) is 6.84. The van der Waals surface area contributed by atoms with Crippen molar-refractivity contribution < 1.29 is 9.59 Å². The van der Waals surface area contributed by atoms with Gasteiger partial charge in [0.05, 0.1) is 12.6 Å². The van der Waals surface area contributed by atoms with E-state index in [-0.39, 0.29) is 17.9 Å². The maximum Gasteiger partial charge on any atom is 0.234 e. The lowest BCUT2D eigenvalue weighted by Gasteiger charge is -2.25. The van der Waals surface area contributed by atoms with Crippen LogP contribution < -0.4 is 5.32 Å². The predicted octanol–water partition coefficient (Wildman–Crippen LogP) is 2.05. The molecule has 1 aliphatic heterocycles. The minimum Gasteiger partial charge on any atom is -0.348 e. The van der Waals surface area contributed by atoms with Gasteiger partial charge < -0.3 is 10.2 Å². The molecule has 1 N–H and O–H groups in total. The second kappa shape index (κ2) is 8.83. The summed E-state index contributed by atoms with van der Waals surface area (Å²) in [5.41, 5.74) is 1.14. The van der Waals surface area contributed by atoms with Crippen LogP contribution in [0.4, 0.5) is 0 Å². The number of nitrogens with zero attached hydrogens (tertiary/aromatic N) is 2. The molecule has 1 aliphatic rings. The molecule has 5 heteroatoms. The molecule has 132 valence electrons. The standard InChI is InChI=1S/C19H29N3O2/c1-15(2)19(17-8-5-4-6-9-17)20-18(24)14-21-10-7-11-22(13-12-21)16(3)23/h4-6,8-9,15,19H,7,10-14H2,1-3H3,(H,20,24). The fourth-order valence-electron chi connectivity index (χ4n) is 3.16. The van der Waals surface area contributed by atoms with Gasteiger partial charge in [-0.05, 0) is 17.9 Å². The van der Waals surface area contributed by atoms with E-state index in [0.717, 1.165) is 31.6 Å². The van der Waals surface area contributed by atoms with Gasteiger partial charge in [-0.15, -0.1) is 0 Å². The van der Waals surface area contributed by atoms with Gasteiger partial charge in [0.25, 0.3) is 0 Å². The fourth-order valence-corrected chi connectivity index (χ4v) is 3.16. The van der Waals surface area contributed by atoms with Crippen molar-refractivity contribution >= 4 is 11.8 Å². The molecule has 1 fully saturated rings. The van der Waals surface area contributed by atoms with E-state index >= 15 is 0 Å². The molecule has 0 spiro atoms. The van der Waals surface area contributed by atoms with Crippen molar-refractivity contribution in [3.05, 3.63) is 35.9 Å². The van der Waals surface area contributed by atoms with Gasteiger partial charge in [-0.1, -0.05) is 44.2 Å². The molecule has 0 aliphatic carbocycles. The highest BCUT2D eigenvalue weighted by Gasteiger charge is 2.21. The average Bonchev–Trinajstić information content (AvgIpc) is 2.79. The van der Waals surface area contributed by atoms with Crippen molar-refractivity contribution in [1.82, 2.24) is 15.1 Å². The molecule has 5 nitrogen and oxygen atoms in total. The summed E-state index contributed by atoms with van der Waals surface area (Å²) < 4.78 is 0. The summed E-state index contributed by atoms with van der Waals surface area (Å²) >= 11 is 0. The van der Waals surface area contributed by atoms with Crippen LogP contribution in [0.2, 0.25) is 0 Å². The molecule has 1 heterocycles. The number of benzene rings is 1. The normalized spacial score (nSPS) is 17.4. The summed E-state index contributed by atoms with van der Waals surface area (Å²) in [6.45, 7) is 9.33. The number of rotatable bonds is 5. The zero-order valence-electron chi connectivity index (χ0n) is 15.0. The molecule has 2 amide bonds. The molecular weight excluding hydrogens is 302 g/mol. The van der Waals surface area contributed by atoms with Gasteiger partial charge in [0.15, 0.2) is 0 Å². The third-order valence-corrected chi connectivity index (χ3v) is 4.54. The highest BCUT2D eigenvalue weighted by atomic mass is 16.2. The monoisotopic (exact) mass is 331 g/mol. The van der Waals surface area contributed by atoms with Gasteiger partial charge >= 0.3 is 0 Å². The molecule has 0 aromatic heterocycles. The Labute approximate surface area is 145 Å². The Hall–Kier alpha value is -1.88. The van der Waals surface area contributed by atoms with Crippen LogP contribution in [0, 0.1) is 5.92 Å². The Morgan fingerprint density at radius 2 is 1.79 bits per heavy atom. The molecule has 1 aromatic carbocycles. The van der Waals surface area contributed by atoms with Crippen molar-refractivity contribution in [2.45, 2.75) is 33.2 Å². The van der Waals surface area contributed by atoms with Crippen LogP contribution >= 0.6 is 0 Å².